The van der Waals surface area contributed by atoms with E-state index in [2.05, 4.69) is 15.5 Å². The van der Waals surface area contributed by atoms with Gasteiger partial charge < -0.3 is 0 Å². The number of benzene rings is 1. The molecule has 104 valence electrons. The van der Waals surface area contributed by atoms with Gasteiger partial charge in [0.15, 0.2) is 0 Å². The van der Waals surface area contributed by atoms with E-state index in [1.165, 1.54) is 23.5 Å². The Labute approximate surface area is 120 Å². The van der Waals surface area contributed by atoms with E-state index in [4.69, 9.17) is 0 Å². The Morgan fingerprint density at radius 2 is 2.20 bits per heavy atom. The summed E-state index contributed by atoms with van der Waals surface area (Å²) in [7, 11) is 0. The highest BCUT2D eigenvalue weighted by Crippen LogP contribution is 2.44. The molecule has 1 fully saturated rings. The second-order valence-corrected chi connectivity index (χ2v) is 6.21. The monoisotopic (exact) mass is 291 g/mol. The molecular weight excluding hydrogens is 277 g/mol. The van der Waals surface area contributed by atoms with Crippen LogP contribution in [0.5, 0.6) is 0 Å². The molecule has 1 aromatic carbocycles. The van der Waals surface area contributed by atoms with Gasteiger partial charge in [-0.05, 0) is 37.5 Å². The molecule has 1 amide bonds. The van der Waals surface area contributed by atoms with Crippen molar-refractivity contribution in [3.63, 3.8) is 0 Å². The van der Waals surface area contributed by atoms with Crippen molar-refractivity contribution < 1.29 is 9.18 Å². The summed E-state index contributed by atoms with van der Waals surface area (Å²) in [4.78, 5) is 12.5. The van der Waals surface area contributed by atoms with Gasteiger partial charge in [-0.1, -0.05) is 29.9 Å². The standard InChI is InChI=1S/C14H14FN3OS/c1-9-17-18-13(20-9)16-12(19)14(6-3-7-14)10-4-2-5-11(15)8-10/h2,4-5,8H,3,6-7H2,1H3,(H,16,18,19). The summed E-state index contributed by atoms with van der Waals surface area (Å²) in [5.41, 5.74) is 0.115. The van der Waals surface area contributed by atoms with Crippen LogP contribution in [0.25, 0.3) is 0 Å². The molecule has 0 unspecified atom stereocenters. The fourth-order valence-electron chi connectivity index (χ4n) is 2.53. The van der Waals surface area contributed by atoms with E-state index in [0.29, 0.717) is 5.13 Å². The molecule has 0 saturated heterocycles. The maximum atomic E-state index is 13.4. The van der Waals surface area contributed by atoms with Gasteiger partial charge in [0.05, 0.1) is 5.41 Å². The van der Waals surface area contributed by atoms with E-state index in [1.807, 2.05) is 13.0 Å². The molecule has 0 radical (unpaired) electrons. The van der Waals surface area contributed by atoms with E-state index in [9.17, 15) is 9.18 Å². The summed E-state index contributed by atoms with van der Waals surface area (Å²) in [6.07, 6.45) is 2.44. The van der Waals surface area contributed by atoms with Crippen LogP contribution in [0.2, 0.25) is 0 Å². The van der Waals surface area contributed by atoms with Crippen LogP contribution in [-0.4, -0.2) is 16.1 Å². The average Bonchev–Trinajstić information content (AvgIpc) is 2.73. The Morgan fingerprint density at radius 1 is 1.40 bits per heavy atom. The first-order valence-corrected chi connectivity index (χ1v) is 7.29. The average molecular weight is 291 g/mol. The lowest BCUT2D eigenvalue weighted by atomic mass is 9.64. The number of nitrogens with zero attached hydrogens (tertiary/aromatic N) is 2. The van der Waals surface area contributed by atoms with Gasteiger partial charge >= 0.3 is 0 Å². The topological polar surface area (TPSA) is 54.9 Å². The zero-order valence-corrected chi connectivity index (χ0v) is 11.8. The van der Waals surface area contributed by atoms with Crippen molar-refractivity contribution in [1.29, 1.82) is 0 Å². The van der Waals surface area contributed by atoms with Gasteiger partial charge in [0.2, 0.25) is 11.0 Å². The molecule has 1 saturated carbocycles. The number of carbonyl (C=O) groups excluding carboxylic acids is 1. The minimum absolute atomic E-state index is 0.120. The highest BCUT2D eigenvalue weighted by Gasteiger charge is 2.46. The Bertz CT molecular complexity index is 651. The Kier molecular flexibility index (Phi) is 3.25. The van der Waals surface area contributed by atoms with Crippen LogP contribution < -0.4 is 5.32 Å². The minimum atomic E-state index is -0.623. The van der Waals surface area contributed by atoms with E-state index < -0.39 is 5.41 Å². The first-order valence-electron chi connectivity index (χ1n) is 6.48. The molecule has 1 aliphatic rings. The second kappa shape index (κ2) is 4.94. The third-order valence-corrected chi connectivity index (χ3v) is 4.52. The number of hydrogen-bond acceptors (Lipinski definition) is 4. The van der Waals surface area contributed by atoms with Crippen LogP contribution in [0.15, 0.2) is 24.3 Å². The van der Waals surface area contributed by atoms with Gasteiger partial charge in [-0.15, -0.1) is 10.2 Å². The smallest absolute Gasteiger partial charge is 0.236 e. The van der Waals surface area contributed by atoms with Crippen molar-refractivity contribution in [2.24, 2.45) is 0 Å². The molecule has 0 atom stereocenters. The molecule has 0 bridgehead atoms. The van der Waals surface area contributed by atoms with Crippen LogP contribution >= 0.6 is 11.3 Å². The predicted octanol–water partition coefficient (Wildman–Crippen LogP) is 3.05. The summed E-state index contributed by atoms with van der Waals surface area (Å²) in [5.74, 6) is -0.432. The molecule has 2 aromatic rings. The maximum absolute atomic E-state index is 13.4. The second-order valence-electron chi connectivity index (χ2n) is 5.03. The van der Waals surface area contributed by atoms with Crippen molar-refractivity contribution in [2.75, 3.05) is 5.32 Å². The summed E-state index contributed by atoms with van der Waals surface area (Å²) < 4.78 is 13.4. The highest BCUT2D eigenvalue weighted by atomic mass is 32.1. The zero-order chi connectivity index (χ0) is 14.2. The number of aromatic nitrogens is 2. The molecule has 1 aromatic heterocycles. The number of rotatable bonds is 3. The van der Waals surface area contributed by atoms with E-state index in [1.54, 1.807) is 6.07 Å². The van der Waals surface area contributed by atoms with Gasteiger partial charge in [0.25, 0.3) is 0 Å². The van der Waals surface area contributed by atoms with Crippen LogP contribution in [-0.2, 0) is 10.2 Å². The molecular formula is C14H14FN3OS. The van der Waals surface area contributed by atoms with Gasteiger partial charge in [0.1, 0.15) is 10.8 Å². The number of amides is 1. The number of nitrogens with one attached hydrogen (secondary N) is 1. The number of carbonyl (C=O) groups is 1. The van der Waals surface area contributed by atoms with Crippen LogP contribution in [0.1, 0.15) is 29.8 Å². The van der Waals surface area contributed by atoms with Crippen molar-refractivity contribution >= 4 is 22.4 Å². The molecule has 3 rings (SSSR count). The molecule has 0 aliphatic heterocycles. The molecule has 1 aliphatic carbocycles. The lowest BCUT2D eigenvalue weighted by molar-refractivity contribution is -0.124. The molecule has 4 nitrogen and oxygen atoms in total. The molecule has 1 N–H and O–H groups in total. The highest BCUT2D eigenvalue weighted by molar-refractivity contribution is 7.15. The van der Waals surface area contributed by atoms with Gasteiger partial charge in [-0.3, -0.25) is 10.1 Å². The van der Waals surface area contributed by atoms with E-state index in [0.717, 1.165) is 29.8 Å². The third kappa shape index (κ3) is 2.20. The number of halogens is 1. The SMILES string of the molecule is Cc1nnc(NC(=O)C2(c3cccc(F)c3)CCC2)s1. The molecule has 1 heterocycles. The Morgan fingerprint density at radius 3 is 2.75 bits per heavy atom. The Balaban J connectivity index is 1.87. The summed E-state index contributed by atoms with van der Waals surface area (Å²) in [5, 5.41) is 11.9. The lowest BCUT2D eigenvalue weighted by Gasteiger charge is -2.40. The quantitative estimate of drug-likeness (QED) is 0.945. The summed E-state index contributed by atoms with van der Waals surface area (Å²) in [6.45, 7) is 1.83. The molecule has 6 heteroatoms. The fraction of sp³-hybridized carbons (Fsp3) is 0.357. The third-order valence-electron chi connectivity index (χ3n) is 3.77. The summed E-state index contributed by atoms with van der Waals surface area (Å²) in [6, 6.07) is 6.30. The van der Waals surface area contributed by atoms with Gasteiger partial charge in [-0.25, -0.2) is 4.39 Å². The number of hydrogen-bond donors (Lipinski definition) is 1. The first-order chi connectivity index (χ1) is 9.60. The normalized spacial score (nSPS) is 16.5. The van der Waals surface area contributed by atoms with Crippen molar-refractivity contribution in [3.05, 3.63) is 40.7 Å². The fourth-order valence-corrected chi connectivity index (χ4v) is 3.11. The molecule has 20 heavy (non-hydrogen) atoms. The van der Waals surface area contributed by atoms with E-state index in [-0.39, 0.29) is 11.7 Å². The lowest BCUT2D eigenvalue weighted by Crippen LogP contribution is -2.46. The van der Waals surface area contributed by atoms with Gasteiger partial charge in [0, 0.05) is 0 Å². The van der Waals surface area contributed by atoms with Crippen molar-refractivity contribution in [3.8, 4) is 0 Å². The maximum Gasteiger partial charge on any atom is 0.236 e. The van der Waals surface area contributed by atoms with Crippen molar-refractivity contribution in [2.45, 2.75) is 31.6 Å². The number of aryl methyl sites for hydroxylation is 1. The zero-order valence-electron chi connectivity index (χ0n) is 11.0. The molecule has 0 spiro atoms. The number of anilines is 1. The van der Waals surface area contributed by atoms with Crippen molar-refractivity contribution in [1.82, 2.24) is 10.2 Å². The predicted molar refractivity (Wildman–Crippen MR) is 75.2 cm³/mol. The largest absolute Gasteiger partial charge is 0.300 e. The van der Waals surface area contributed by atoms with Crippen LogP contribution in [0, 0.1) is 12.7 Å². The van der Waals surface area contributed by atoms with Crippen LogP contribution in [0.4, 0.5) is 9.52 Å². The minimum Gasteiger partial charge on any atom is -0.300 e. The van der Waals surface area contributed by atoms with Gasteiger partial charge in [-0.2, -0.15) is 0 Å². The van der Waals surface area contributed by atoms with E-state index >= 15 is 0 Å². The summed E-state index contributed by atoms with van der Waals surface area (Å²) >= 11 is 1.34. The van der Waals surface area contributed by atoms with Crippen LogP contribution in [0.3, 0.4) is 0 Å². The Hall–Kier alpha value is -1.82. The first kappa shape index (κ1) is 13.2.